The third-order valence-corrected chi connectivity index (χ3v) is 3.35. The van der Waals surface area contributed by atoms with Crippen molar-refractivity contribution in [3.63, 3.8) is 0 Å². The Morgan fingerprint density at radius 1 is 1.20 bits per heavy atom. The zero-order valence-electron chi connectivity index (χ0n) is 11.3. The molecule has 0 atom stereocenters. The third kappa shape index (κ3) is 4.78. The number of halogens is 1. The molecule has 0 saturated carbocycles. The fourth-order valence-corrected chi connectivity index (χ4v) is 2.13. The van der Waals surface area contributed by atoms with Crippen molar-refractivity contribution >= 4 is 11.6 Å². The van der Waals surface area contributed by atoms with Crippen LogP contribution in [0.15, 0.2) is 36.9 Å². The van der Waals surface area contributed by atoms with E-state index >= 15 is 0 Å². The first-order valence-electron chi connectivity index (χ1n) is 6.83. The fraction of sp³-hybridized carbons (Fsp3) is 0.400. The van der Waals surface area contributed by atoms with Gasteiger partial charge >= 0.3 is 0 Å². The molecule has 0 bridgehead atoms. The minimum Gasteiger partial charge on any atom is -0.508 e. The van der Waals surface area contributed by atoms with Crippen LogP contribution in [-0.4, -0.2) is 21.3 Å². The van der Waals surface area contributed by atoms with Gasteiger partial charge in [-0.1, -0.05) is 24.4 Å². The number of unbranched alkanes of at least 4 members (excludes halogenated alkanes) is 3. The topological polar surface area (TPSA) is 47.3 Å². The van der Waals surface area contributed by atoms with Crippen LogP contribution in [-0.2, 0) is 6.54 Å². The van der Waals surface area contributed by atoms with E-state index in [9.17, 15) is 5.11 Å². The van der Waals surface area contributed by atoms with Crippen molar-refractivity contribution in [2.24, 2.45) is 0 Å². The summed E-state index contributed by atoms with van der Waals surface area (Å²) in [7, 11) is 0. The standard InChI is InChI=1S/C15H19ClN2O2/c16-14-6-5-13(19)11-15(14)20-10-4-2-1-3-8-18-9-7-17-12-18/h5-7,9,11-12,19H,1-4,8,10H2. The number of nitrogens with zero attached hydrogens (tertiary/aromatic N) is 2. The van der Waals surface area contributed by atoms with Crippen molar-refractivity contribution in [2.45, 2.75) is 32.2 Å². The third-order valence-electron chi connectivity index (χ3n) is 3.04. The monoisotopic (exact) mass is 294 g/mol. The zero-order chi connectivity index (χ0) is 14.2. The van der Waals surface area contributed by atoms with Gasteiger partial charge in [-0.25, -0.2) is 4.98 Å². The number of aromatic nitrogens is 2. The predicted octanol–water partition coefficient (Wildman–Crippen LogP) is 3.88. The molecule has 108 valence electrons. The maximum atomic E-state index is 9.35. The van der Waals surface area contributed by atoms with Crippen LogP contribution in [0.2, 0.25) is 5.02 Å². The summed E-state index contributed by atoms with van der Waals surface area (Å²) in [6.07, 6.45) is 10.0. The Kier molecular flexibility index (Phi) is 5.74. The van der Waals surface area contributed by atoms with Crippen molar-refractivity contribution in [2.75, 3.05) is 6.61 Å². The molecule has 5 heteroatoms. The van der Waals surface area contributed by atoms with E-state index in [-0.39, 0.29) is 5.75 Å². The molecular formula is C15H19ClN2O2. The number of phenols is 1. The van der Waals surface area contributed by atoms with Crippen LogP contribution in [0.5, 0.6) is 11.5 Å². The molecule has 2 aromatic rings. The molecule has 0 unspecified atom stereocenters. The smallest absolute Gasteiger partial charge is 0.141 e. The first-order chi connectivity index (χ1) is 9.75. The van der Waals surface area contributed by atoms with Gasteiger partial charge in [0.1, 0.15) is 11.5 Å². The Morgan fingerprint density at radius 2 is 2.05 bits per heavy atom. The molecule has 0 aliphatic carbocycles. The van der Waals surface area contributed by atoms with Gasteiger partial charge in [-0.15, -0.1) is 0 Å². The van der Waals surface area contributed by atoms with E-state index in [0.29, 0.717) is 17.4 Å². The first-order valence-corrected chi connectivity index (χ1v) is 7.20. The number of imidazole rings is 1. The Balaban J connectivity index is 1.56. The highest BCUT2D eigenvalue weighted by molar-refractivity contribution is 6.32. The van der Waals surface area contributed by atoms with Crippen LogP contribution in [0.3, 0.4) is 0 Å². The predicted molar refractivity (Wildman–Crippen MR) is 79.3 cm³/mol. The second kappa shape index (κ2) is 7.80. The van der Waals surface area contributed by atoms with E-state index in [1.807, 2.05) is 12.5 Å². The summed E-state index contributed by atoms with van der Waals surface area (Å²) in [6, 6.07) is 4.73. The molecule has 4 nitrogen and oxygen atoms in total. The van der Waals surface area contributed by atoms with Gasteiger partial charge in [-0.3, -0.25) is 0 Å². The summed E-state index contributed by atoms with van der Waals surface area (Å²) < 4.78 is 7.65. The molecule has 1 aromatic heterocycles. The van der Waals surface area contributed by atoms with Gasteiger partial charge in [0, 0.05) is 25.0 Å². The Bertz CT molecular complexity index is 515. The lowest BCUT2D eigenvalue weighted by atomic mass is 10.2. The van der Waals surface area contributed by atoms with E-state index in [1.165, 1.54) is 0 Å². The van der Waals surface area contributed by atoms with Crippen molar-refractivity contribution in [3.05, 3.63) is 41.9 Å². The molecule has 1 heterocycles. The van der Waals surface area contributed by atoms with Crippen LogP contribution in [0, 0.1) is 0 Å². The zero-order valence-corrected chi connectivity index (χ0v) is 12.1. The number of hydrogen-bond donors (Lipinski definition) is 1. The van der Waals surface area contributed by atoms with Crippen molar-refractivity contribution in [3.8, 4) is 11.5 Å². The average molecular weight is 295 g/mol. The Labute approximate surface area is 124 Å². The van der Waals surface area contributed by atoms with Crippen molar-refractivity contribution in [1.82, 2.24) is 9.55 Å². The normalized spacial score (nSPS) is 10.7. The van der Waals surface area contributed by atoms with Crippen LogP contribution in [0.4, 0.5) is 0 Å². The summed E-state index contributed by atoms with van der Waals surface area (Å²) in [6.45, 7) is 1.63. The lowest BCUT2D eigenvalue weighted by Crippen LogP contribution is -1.99. The number of ether oxygens (including phenoxy) is 1. The summed E-state index contributed by atoms with van der Waals surface area (Å²) in [5.41, 5.74) is 0. The molecule has 1 N–H and O–H groups in total. The van der Waals surface area contributed by atoms with Gasteiger partial charge in [0.05, 0.1) is 18.0 Å². The number of rotatable bonds is 8. The van der Waals surface area contributed by atoms with E-state index < -0.39 is 0 Å². The molecular weight excluding hydrogens is 276 g/mol. The summed E-state index contributed by atoms with van der Waals surface area (Å²) in [5.74, 6) is 0.717. The summed E-state index contributed by atoms with van der Waals surface area (Å²) in [5, 5.41) is 9.89. The maximum Gasteiger partial charge on any atom is 0.141 e. The minimum absolute atomic E-state index is 0.171. The number of aryl methyl sites for hydroxylation is 1. The highest BCUT2D eigenvalue weighted by Crippen LogP contribution is 2.28. The van der Waals surface area contributed by atoms with Crippen LogP contribution < -0.4 is 4.74 Å². The van der Waals surface area contributed by atoms with Gasteiger partial charge in [-0.2, -0.15) is 0 Å². The average Bonchev–Trinajstić information content (AvgIpc) is 2.94. The van der Waals surface area contributed by atoms with Crippen LogP contribution in [0.1, 0.15) is 25.7 Å². The Morgan fingerprint density at radius 3 is 2.85 bits per heavy atom. The summed E-state index contributed by atoms with van der Waals surface area (Å²) in [4.78, 5) is 4.01. The minimum atomic E-state index is 0.171. The highest BCUT2D eigenvalue weighted by atomic mass is 35.5. The fourth-order valence-electron chi connectivity index (χ4n) is 1.95. The van der Waals surface area contributed by atoms with Gasteiger partial charge in [0.2, 0.25) is 0 Å². The largest absolute Gasteiger partial charge is 0.508 e. The van der Waals surface area contributed by atoms with Gasteiger partial charge in [0.25, 0.3) is 0 Å². The van der Waals surface area contributed by atoms with Crippen molar-refractivity contribution in [1.29, 1.82) is 0 Å². The molecule has 20 heavy (non-hydrogen) atoms. The van der Waals surface area contributed by atoms with Gasteiger partial charge < -0.3 is 14.4 Å². The quantitative estimate of drug-likeness (QED) is 0.752. The first kappa shape index (κ1) is 14.7. The van der Waals surface area contributed by atoms with Gasteiger partial charge in [-0.05, 0) is 25.0 Å². The molecule has 0 fully saturated rings. The van der Waals surface area contributed by atoms with E-state index in [1.54, 1.807) is 24.4 Å². The number of hydrogen-bond acceptors (Lipinski definition) is 3. The van der Waals surface area contributed by atoms with E-state index in [2.05, 4.69) is 9.55 Å². The molecule has 1 aromatic carbocycles. The SMILES string of the molecule is Oc1ccc(Cl)c(OCCCCCCn2ccnc2)c1. The molecule has 2 rings (SSSR count). The molecule has 0 spiro atoms. The second-order valence-corrected chi connectivity index (χ2v) is 5.09. The van der Waals surface area contributed by atoms with E-state index in [4.69, 9.17) is 16.3 Å². The Hall–Kier alpha value is -1.68. The number of benzene rings is 1. The molecule has 0 amide bonds. The summed E-state index contributed by atoms with van der Waals surface area (Å²) >= 11 is 5.97. The van der Waals surface area contributed by atoms with Gasteiger partial charge in [0.15, 0.2) is 0 Å². The molecule has 0 aliphatic heterocycles. The number of aromatic hydroxyl groups is 1. The van der Waals surface area contributed by atoms with Crippen LogP contribution >= 0.6 is 11.6 Å². The molecule has 0 radical (unpaired) electrons. The second-order valence-electron chi connectivity index (χ2n) is 4.68. The maximum absolute atomic E-state index is 9.35. The van der Waals surface area contributed by atoms with Crippen LogP contribution in [0.25, 0.3) is 0 Å². The lowest BCUT2D eigenvalue weighted by Gasteiger charge is -2.08. The highest BCUT2D eigenvalue weighted by Gasteiger charge is 2.02. The molecule has 0 aliphatic rings. The molecule has 0 saturated heterocycles. The number of phenolic OH excluding ortho intramolecular Hbond substituents is 1. The van der Waals surface area contributed by atoms with Crippen molar-refractivity contribution < 1.29 is 9.84 Å². The lowest BCUT2D eigenvalue weighted by molar-refractivity contribution is 0.302. The van der Waals surface area contributed by atoms with E-state index in [0.717, 1.165) is 32.2 Å².